The molecule has 0 heterocycles. The number of carbonyl (C=O) groups is 2. The van der Waals surface area contributed by atoms with Crippen LogP contribution in [0.15, 0.2) is 42.5 Å². The molecule has 2 amide bonds. The maximum atomic E-state index is 13.2. The maximum absolute atomic E-state index is 13.2. The average Bonchev–Trinajstić information content (AvgIpc) is 2.80. The Bertz CT molecular complexity index is 952. The van der Waals surface area contributed by atoms with Gasteiger partial charge in [-0.25, -0.2) is 4.39 Å². The first-order chi connectivity index (χ1) is 15.8. The predicted molar refractivity (Wildman–Crippen MR) is 134 cm³/mol. The highest BCUT2D eigenvalue weighted by Crippen LogP contribution is 2.24. The monoisotopic (exact) mass is 510 g/mol. The van der Waals surface area contributed by atoms with E-state index in [0.717, 1.165) is 36.8 Å². The number of amides is 2. The normalized spacial score (nSPS) is 15.2. The predicted octanol–water partition coefficient (Wildman–Crippen LogP) is 6.23. The van der Waals surface area contributed by atoms with Gasteiger partial charge < -0.3 is 10.2 Å². The molecule has 1 atom stereocenters. The summed E-state index contributed by atoms with van der Waals surface area (Å²) in [7, 11) is 0. The fourth-order valence-corrected chi connectivity index (χ4v) is 5.24. The molecule has 33 heavy (non-hydrogen) atoms. The van der Waals surface area contributed by atoms with Crippen molar-refractivity contribution in [3.8, 4) is 0 Å². The summed E-state index contributed by atoms with van der Waals surface area (Å²) in [6.45, 7) is 1.97. The van der Waals surface area contributed by atoms with Crippen molar-refractivity contribution in [2.45, 2.75) is 63.4 Å². The number of thioether (sulfide) groups is 1. The molecule has 178 valence electrons. The third-order valence-corrected chi connectivity index (χ3v) is 7.46. The quantitative estimate of drug-likeness (QED) is 0.434. The third kappa shape index (κ3) is 7.90. The van der Waals surface area contributed by atoms with Crippen molar-refractivity contribution in [1.82, 2.24) is 10.2 Å². The SMILES string of the molecule is C[C@@H](C(=O)NC1CCCCC1)N(Cc1ccc(Cl)cc1Cl)C(=O)CSCc1ccc(F)cc1. The van der Waals surface area contributed by atoms with E-state index in [1.807, 2.05) is 0 Å². The highest BCUT2D eigenvalue weighted by atomic mass is 35.5. The van der Waals surface area contributed by atoms with Gasteiger partial charge in [-0.1, -0.05) is 60.7 Å². The Balaban J connectivity index is 1.68. The van der Waals surface area contributed by atoms with Crippen molar-refractivity contribution in [3.05, 3.63) is 69.5 Å². The van der Waals surface area contributed by atoms with Crippen LogP contribution in [-0.4, -0.2) is 34.6 Å². The van der Waals surface area contributed by atoms with E-state index in [1.54, 1.807) is 42.2 Å². The first-order valence-corrected chi connectivity index (χ1v) is 13.1. The van der Waals surface area contributed by atoms with Crippen LogP contribution < -0.4 is 5.32 Å². The minimum Gasteiger partial charge on any atom is -0.352 e. The number of nitrogens with zero attached hydrogens (tertiary/aromatic N) is 1. The molecule has 0 unspecified atom stereocenters. The zero-order chi connectivity index (χ0) is 23.8. The molecular weight excluding hydrogens is 482 g/mol. The molecule has 0 aromatic heterocycles. The van der Waals surface area contributed by atoms with Gasteiger partial charge in [-0.15, -0.1) is 11.8 Å². The van der Waals surface area contributed by atoms with Crippen molar-refractivity contribution in [1.29, 1.82) is 0 Å². The zero-order valence-electron chi connectivity index (χ0n) is 18.7. The second-order valence-electron chi connectivity index (χ2n) is 8.40. The second-order valence-corrected chi connectivity index (χ2v) is 10.2. The molecular formula is C25H29Cl2FN2O2S. The molecule has 1 aliphatic carbocycles. The molecule has 4 nitrogen and oxygen atoms in total. The molecule has 1 aliphatic rings. The Hall–Kier alpha value is -1.76. The van der Waals surface area contributed by atoms with Gasteiger partial charge in [-0.3, -0.25) is 9.59 Å². The van der Waals surface area contributed by atoms with Crippen LogP contribution in [0.2, 0.25) is 10.0 Å². The number of nitrogens with one attached hydrogen (secondary N) is 1. The number of hydrogen-bond donors (Lipinski definition) is 1. The Kier molecular flexibility index (Phi) is 9.90. The summed E-state index contributed by atoms with van der Waals surface area (Å²) in [6.07, 6.45) is 5.38. The van der Waals surface area contributed by atoms with E-state index in [9.17, 15) is 14.0 Å². The van der Waals surface area contributed by atoms with E-state index in [4.69, 9.17) is 23.2 Å². The Morgan fingerprint density at radius 1 is 1.12 bits per heavy atom. The molecule has 2 aromatic rings. The molecule has 8 heteroatoms. The van der Waals surface area contributed by atoms with Gasteiger partial charge in [0.2, 0.25) is 11.8 Å². The molecule has 0 aliphatic heterocycles. The second kappa shape index (κ2) is 12.6. The topological polar surface area (TPSA) is 49.4 Å². The average molecular weight is 511 g/mol. The van der Waals surface area contributed by atoms with Crippen LogP contribution in [-0.2, 0) is 21.9 Å². The lowest BCUT2D eigenvalue weighted by Gasteiger charge is -2.31. The van der Waals surface area contributed by atoms with Crippen molar-refractivity contribution in [2.24, 2.45) is 0 Å². The lowest BCUT2D eigenvalue weighted by Crippen LogP contribution is -2.50. The Morgan fingerprint density at radius 3 is 2.48 bits per heavy atom. The van der Waals surface area contributed by atoms with E-state index in [1.165, 1.54) is 30.3 Å². The van der Waals surface area contributed by atoms with Gasteiger partial charge in [0.25, 0.3) is 0 Å². The number of carbonyl (C=O) groups excluding carboxylic acids is 2. The summed E-state index contributed by atoms with van der Waals surface area (Å²) >= 11 is 13.8. The fourth-order valence-electron chi connectivity index (χ4n) is 3.90. The van der Waals surface area contributed by atoms with Gasteiger partial charge in [0, 0.05) is 28.4 Å². The van der Waals surface area contributed by atoms with Gasteiger partial charge in [0.15, 0.2) is 0 Å². The van der Waals surface area contributed by atoms with Crippen LogP contribution in [0.4, 0.5) is 4.39 Å². The highest BCUT2D eigenvalue weighted by Gasteiger charge is 2.28. The zero-order valence-corrected chi connectivity index (χ0v) is 21.0. The summed E-state index contributed by atoms with van der Waals surface area (Å²) < 4.78 is 13.1. The van der Waals surface area contributed by atoms with Crippen molar-refractivity contribution < 1.29 is 14.0 Å². The molecule has 1 saturated carbocycles. The standard InChI is InChI=1S/C25H29Cl2FN2O2S/c1-17(25(32)29-22-5-3-2-4-6-22)30(14-19-9-10-20(26)13-23(19)27)24(31)16-33-15-18-7-11-21(28)12-8-18/h7-13,17,22H,2-6,14-16H2,1H3,(H,29,32)/t17-/m0/s1. The first kappa shape index (κ1) is 25.9. The lowest BCUT2D eigenvalue weighted by atomic mass is 9.95. The summed E-state index contributed by atoms with van der Waals surface area (Å²) in [6, 6.07) is 10.9. The van der Waals surface area contributed by atoms with Crippen molar-refractivity contribution in [3.63, 3.8) is 0 Å². The number of benzene rings is 2. The number of rotatable bonds is 9. The van der Waals surface area contributed by atoms with E-state index in [-0.39, 0.29) is 36.0 Å². The smallest absolute Gasteiger partial charge is 0.242 e. The molecule has 2 aromatic carbocycles. The van der Waals surface area contributed by atoms with Crippen LogP contribution in [0.5, 0.6) is 0 Å². The van der Waals surface area contributed by atoms with Crippen LogP contribution in [0.1, 0.15) is 50.2 Å². The third-order valence-electron chi connectivity index (χ3n) is 5.88. The summed E-state index contributed by atoms with van der Waals surface area (Å²) in [5, 5.41) is 4.09. The molecule has 3 rings (SSSR count). The first-order valence-electron chi connectivity index (χ1n) is 11.2. The molecule has 0 spiro atoms. The molecule has 1 fully saturated rings. The van der Waals surface area contributed by atoms with E-state index >= 15 is 0 Å². The summed E-state index contributed by atoms with van der Waals surface area (Å²) in [5.74, 6) is 0.181. The Morgan fingerprint density at radius 2 is 1.82 bits per heavy atom. The van der Waals surface area contributed by atoms with Crippen molar-refractivity contribution >= 4 is 46.8 Å². The van der Waals surface area contributed by atoms with Crippen LogP contribution in [0.3, 0.4) is 0 Å². The van der Waals surface area contributed by atoms with Gasteiger partial charge in [-0.05, 0) is 55.2 Å². The lowest BCUT2D eigenvalue weighted by molar-refractivity contribution is -0.139. The van der Waals surface area contributed by atoms with E-state index in [0.29, 0.717) is 15.8 Å². The molecule has 0 saturated heterocycles. The molecule has 0 radical (unpaired) electrons. The largest absolute Gasteiger partial charge is 0.352 e. The minimum absolute atomic E-state index is 0.149. The fraction of sp³-hybridized carbons (Fsp3) is 0.440. The summed E-state index contributed by atoms with van der Waals surface area (Å²) in [5.41, 5.74) is 1.67. The molecule has 1 N–H and O–H groups in total. The van der Waals surface area contributed by atoms with Crippen LogP contribution in [0.25, 0.3) is 0 Å². The van der Waals surface area contributed by atoms with Gasteiger partial charge in [-0.2, -0.15) is 0 Å². The summed E-state index contributed by atoms with van der Waals surface area (Å²) in [4.78, 5) is 27.8. The number of halogens is 3. The number of hydrogen-bond acceptors (Lipinski definition) is 3. The van der Waals surface area contributed by atoms with Gasteiger partial charge in [0.1, 0.15) is 11.9 Å². The van der Waals surface area contributed by atoms with Gasteiger partial charge >= 0.3 is 0 Å². The maximum Gasteiger partial charge on any atom is 0.242 e. The van der Waals surface area contributed by atoms with Gasteiger partial charge in [0.05, 0.1) is 5.75 Å². The van der Waals surface area contributed by atoms with Crippen LogP contribution >= 0.6 is 35.0 Å². The Labute approximate surface area is 209 Å². The highest BCUT2D eigenvalue weighted by molar-refractivity contribution is 7.99. The van der Waals surface area contributed by atoms with Crippen LogP contribution in [0, 0.1) is 5.82 Å². The minimum atomic E-state index is -0.641. The molecule has 0 bridgehead atoms. The van der Waals surface area contributed by atoms with E-state index in [2.05, 4.69) is 5.32 Å². The van der Waals surface area contributed by atoms with E-state index < -0.39 is 6.04 Å². The van der Waals surface area contributed by atoms with Crippen molar-refractivity contribution in [2.75, 3.05) is 5.75 Å².